The molecule has 0 bridgehead atoms. The summed E-state index contributed by atoms with van der Waals surface area (Å²) in [4.78, 5) is 16.7. The number of aryl methyl sites for hydroxylation is 1. The van der Waals surface area contributed by atoms with E-state index in [2.05, 4.69) is 34.3 Å². The number of carbonyl (C=O) groups excluding carboxylic acids is 1. The van der Waals surface area contributed by atoms with Gasteiger partial charge >= 0.3 is 0 Å². The lowest BCUT2D eigenvalue weighted by Gasteiger charge is -2.11. The number of pyridine rings is 1. The minimum atomic E-state index is -0.0766. The Bertz CT molecular complexity index is 874. The van der Waals surface area contributed by atoms with Crippen LogP contribution in [-0.4, -0.2) is 31.4 Å². The highest BCUT2D eigenvalue weighted by Gasteiger charge is 2.12. The van der Waals surface area contributed by atoms with Crippen LogP contribution in [0.2, 0.25) is 0 Å². The molecule has 3 rings (SSSR count). The van der Waals surface area contributed by atoms with Crippen LogP contribution in [-0.2, 0) is 4.79 Å². The predicted molar refractivity (Wildman–Crippen MR) is 96.2 cm³/mol. The Kier molecular flexibility index (Phi) is 4.80. The molecule has 0 aliphatic rings. The topological polar surface area (TPSA) is 72.7 Å². The average molecular weight is 341 g/mol. The van der Waals surface area contributed by atoms with Crippen molar-refractivity contribution < 1.29 is 4.79 Å². The van der Waals surface area contributed by atoms with Gasteiger partial charge in [-0.1, -0.05) is 17.8 Å². The molecule has 1 N–H and O–H groups in total. The number of carbonyl (C=O) groups is 1. The van der Waals surface area contributed by atoms with Crippen LogP contribution in [0.15, 0.2) is 41.9 Å². The molecule has 7 heteroatoms. The Morgan fingerprint density at radius 3 is 2.96 bits per heavy atom. The summed E-state index contributed by atoms with van der Waals surface area (Å²) in [6.45, 7) is 6.12. The van der Waals surface area contributed by atoms with Crippen LogP contribution in [0.4, 0.5) is 5.69 Å². The van der Waals surface area contributed by atoms with Crippen molar-refractivity contribution in [2.75, 3.05) is 11.1 Å². The zero-order valence-electron chi connectivity index (χ0n) is 13.9. The van der Waals surface area contributed by atoms with Gasteiger partial charge in [-0.25, -0.2) is 0 Å². The lowest BCUT2D eigenvalue weighted by molar-refractivity contribution is -0.113. The van der Waals surface area contributed by atoms with Crippen molar-refractivity contribution in [1.29, 1.82) is 0 Å². The monoisotopic (exact) mass is 341 g/mol. The second-order valence-corrected chi connectivity index (χ2v) is 6.72. The van der Waals surface area contributed by atoms with Crippen LogP contribution in [0, 0.1) is 6.92 Å². The van der Waals surface area contributed by atoms with Crippen molar-refractivity contribution >= 4 is 34.3 Å². The van der Waals surface area contributed by atoms with Gasteiger partial charge in [0.25, 0.3) is 0 Å². The molecule has 0 aliphatic carbocycles. The molecule has 0 radical (unpaired) electrons. The van der Waals surface area contributed by atoms with Gasteiger partial charge in [0.15, 0.2) is 5.16 Å². The van der Waals surface area contributed by atoms with Gasteiger partial charge in [0, 0.05) is 17.6 Å². The van der Waals surface area contributed by atoms with Gasteiger partial charge in [-0.2, -0.15) is 0 Å². The van der Waals surface area contributed by atoms with Crippen LogP contribution in [0.3, 0.4) is 0 Å². The van der Waals surface area contributed by atoms with E-state index >= 15 is 0 Å². The number of rotatable bonds is 5. The van der Waals surface area contributed by atoms with Gasteiger partial charge in [0.2, 0.25) is 5.91 Å². The summed E-state index contributed by atoms with van der Waals surface area (Å²) >= 11 is 1.38. The molecule has 2 heterocycles. The Morgan fingerprint density at radius 2 is 2.17 bits per heavy atom. The SMILES string of the molecule is Cc1ccc(NC(=O)CSc2nncn2C(C)C)c2cccnc12. The van der Waals surface area contributed by atoms with Crippen molar-refractivity contribution in [3.63, 3.8) is 0 Å². The highest BCUT2D eigenvalue weighted by molar-refractivity contribution is 7.99. The molecule has 6 nitrogen and oxygen atoms in total. The van der Waals surface area contributed by atoms with Gasteiger partial charge in [-0.3, -0.25) is 9.78 Å². The summed E-state index contributed by atoms with van der Waals surface area (Å²) in [6, 6.07) is 7.98. The average Bonchev–Trinajstić information content (AvgIpc) is 3.05. The molecule has 0 spiro atoms. The van der Waals surface area contributed by atoms with E-state index in [-0.39, 0.29) is 17.7 Å². The number of benzene rings is 1. The molecule has 0 atom stereocenters. The lowest BCUT2D eigenvalue weighted by Crippen LogP contribution is -2.15. The van der Waals surface area contributed by atoms with Crippen molar-refractivity contribution in [2.24, 2.45) is 0 Å². The molecule has 0 saturated carbocycles. The second kappa shape index (κ2) is 7.00. The van der Waals surface area contributed by atoms with E-state index in [4.69, 9.17) is 0 Å². The molecular formula is C17H19N5OS. The standard InChI is InChI=1S/C17H19N5OS/c1-11(2)22-10-19-21-17(22)24-9-15(23)20-14-7-6-12(3)16-13(14)5-4-8-18-16/h4-8,10-11H,9H2,1-3H3,(H,20,23). The van der Waals surface area contributed by atoms with Gasteiger partial charge in [-0.15, -0.1) is 10.2 Å². The third-order valence-corrected chi connectivity index (χ3v) is 4.63. The third-order valence-electron chi connectivity index (χ3n) is 3.67. The fraction of sp³-hybridized carbons (Fsp3) is 0.294. The number of hydrogen-bond acceptors (Lipinski definition) is 5. The van der Waals surface area contributed by atoms with Crippen LogP contribution in [0.1, 0.15) is 25.5 Å². The number of anilines is 1. The quantitative estimate of drug-likeness (QED) is 0.720. The van der Waals surface area contributed by atoms with Crippen molar-refractivity contribution in [1.82, 2.24) is 19.7 Å². The van der Waals surface area contributed by atoms with Crippen LogP contribution < -0.4 is 5.32 Å². The molecule has 1 amide bonds. The summed E-state index contributed by atoms with van der Waals surface area (Å²) in [5, 5.41) is 12.6. The van der Waals surface area contributed by atoms with E-state index in [0.29, 0.717) is 0 Å². The Hall–Kier alpha value is -2.41. The smallest absolute Gasteiger partial charge is 0.234 e. The third kappa shape index (κ3) is 3.41. The highest BCUT2D eigenvalue weighted by Crippen LogP contribution is 2.25. The Morgan fingerprint density at radius 1 is 1.33 bits per heavy atom. The number of thioether (sulfide) groups is 1. The normalized spacial score (nSPS) is 11.2. The molecule has 24 heavy (non-hydrogen) atoms. The van der Waals surface area contributed by atoms with Gasteiger partial charge in [-0.05, 0) is 44.5 Å². The number of hydrogen-bond donors (Lipinski definition) is 1. The molecule has 0 saturated heterocycles. The van der Waals surface area contributed by atoms with Gasteiger partial charge in [0.1, 0.15) is 6.33 Å². The first-order chi connectivity index (χ1) is 11.6. The molecule has 0 fully saturated rings. The van der Waals surface area contributed by atoms with E-state index < -0.39 is 0 Å². The van der Waals surface area contributed by atoms with E-state index in [0.717, 1.165) is 27.3 Å². The van der Waals surface area contributed by atoms with Crippen molar-refractivity contribution in [3.05, 3.63) is 42.4 Å². The maximum absolute atomic E-state index is 12.3. The Labute approximate surface area is 144 Å². The number of nitrogens with zero attached hydrogens (tertiary/aromatic N) is 4. The van der Waals surface area contributed by atoms with E-state index in [9.17, 15) is 4.79 Å². The minimum Gasteiger partial charge on any atom is -0.325 e. The van der Waals surface area contributed by atoms with Crippen LogP contribution >= 0.6 is 11.8 Å². The first kappa shape index (κ1) is 16.4. The number of fused-ring (bicyclic) bond motifs is 1. The summed E-state index contributed by atoms with van der Waals surface area (Å²) in [5.74, 6) is 0.202. The van der Waals surface area contributed by atoms with E-state index in [1.165, 1.54) is 11.8 Å². The summed E-state index contributed by atoms with van der Waals surface area (Å²) in [5.41, 5.74) is 2.77. The number of nitrogens with one attached hydrogen (secondary N) is 1. The summed E-state index contributed by atoms with van der Waals surface area (Å²) < 4.78 is 1.95. The molecule has 3 aromatic rings. The van der Waals surface area contributed by atoms with Crippen LogP contribution in [0.5, 0.6) is 0 Å². The maximum atomic E-state index is 12.3. The first-order valence-electron chi connectivity index (χ1n) is 7.72. The van der Waals surface area contributed by atoms with Crippen molar-refractivity contribution in [2.45, 2.75) is 32.0 Å². The summed E-state index contributed by atoms with van der Waals surface area (Å²) in [7, 11) is 0. The minimum absolute atomic E-state index is 0.0766. The fourth-order valence-corrected chi connectivity index (χ4v) is 3.27. The maximum Gasteiger partial charge on any atom is 0.234 e. The predicted octanol–water partition coefficient (Wildman–Crippen LogP) is 3.45. The molecule has 1 aromatic carbocycles. The summed E-state index contributed by atoms with van der Waals surface area (Å²) in [6.07, 6.45) is 3.44. The molecule has 0 aliphatic heterocycles. The van der Waals surface area contributed by atoms with E-state index in [1.807, 2.05) is 35.8 Å². The zero-order chi connectivity index (χ0) is 17.1. The van der Waals surface area contributed by atoms with Gasteiger partial charge < -0.3 is 9.88 Å². The highest BCUT2D eigenvalue weighted by atomic mass is 32.2. The number of amides is 1. The van der Waals surface area contributed by atoms with Crippen LogP contribution in [0.25, 0.3) is 10.9 Å². The molecular weight excluding hydrogens is 322 g/mol. The Balaban J connectivity index is 1.72. The largest absolute Gasteiger partial charge is 0.325 e. The van der Waals surface area contributed by atoms with Crippen molar-refractivity contribution in [3.8, 4) is 0 Å². The molecule has 124 valence electrons. The fourth-order valence-electron chi connectivity index (χ4n) is 2.43. The van der Waals surface area contributed by atoms with Gasteiger partial charge in [0.05, 0.1) is 17.0 Å². The first-order valence-corrected chi connectivity index (χ1v) is 8.71. The number of aromatic nitrogens is 4. The molecule has 0 unspecified atom stereocenters. The molecule has 2 aromatic heterocycles. The lowest BCUT2D eigenvalue weighted by atomic mass is 10.1. The van der Waals surface area contributed by atoms with E-state index in [1.54, 1.807) is 12.5 Å². The zero-order valence-corrected chi connectivity index (χ0v) is 14.7. The second-order valence-electron chi connectivity index (χ2n) is 5.78.